The van der Waals surface area contributed by atoms with E-state index in [-0.39, 0.29) is 6.10 Å². The molecular weight excluding hydrogens is 274 g/mol. The van der Waals surface area contributed by atoms with E-state index in [2.05, 4.69) is 30.4 Å². The maximum atomic E-state index is 10.3. The summed E-state index contributed by atoms with van der Waals surface area (Å²) in [6.45, 7) is 0. The number of hydrogen-bond acceptors (Lipinski definition) is 3. The monoisotopic (exact) mass is 293 g/mol. The van der Waals surface area contributed by atoms with E-state index in [4.69, 9.17) is 4.84 Å². The average molecular weight is 293 g/mol. The maximum absolute atomic E-state index is 10.3. The van der Waals surface area contributed by atoms with E-state index in [1.54, 1.807) is 0 Å². The summed E-state index contributed by atoms with van der Waals surface area (Å²) in [7, 11) is 0. The fourth-order valence-corrected chi connectivity index (χ4v) is 3.50. The molecule has 2 atom stereocenters. The number of nitrogens with zero attached hydrogens (tertiary/aromatic N) is 1. The van der Waals surface area contributed by atoms with E-state index in [9.17, 15) is 5.21 Å². The predicted molar refractivity (Wildman–Crippen MR) is 85.9 cm³/mol. The van der Waals surface area contributed by atoms with E-state index >= 15 is 0 Å². The van der Waals surface area contributed by atoms with Crippen LogP contribution < -0.4 is 0 Å². The second-order valence-electron chi connectivity index (χ2n) is 5.92. The molecule has 1 aromatic rings. The van der Waals surface area contributed by atoms with Gasteiger partial charge < -0.3 is 0 Å². The first-order valence-electron chi connectivity index (χ1n) is 7.83. The minimum Gasteiger partial charge on any atom is -0.264 e. The molecule has 3 nitrogen and oxygen atoms in total. The van der Waals surface area contributed by atoms with Crippen LogP contribution in [0.3, 0.4) is 0 Å². The molecule has 0 spiro atoms. The standard InChI is InChI=1S/C19H19NO2/c21-20-19(17-12-6-7-13-18(17)22-20)16-11-5-4-10-15(16)14-8-2-1-3-9-14/h1-2,4-7,10-14,18,21H,3,8-9H2. The Morgan fingerprint density at radius 3 is 2.91 bits per heavy atom. The van der Waals surface area contributed by atoms with Crippen LogP contribution in [0.5, 0.6) is 0 Å². The van der Waals surface area contributed by atoms with Gasteiger partial charge in [-0.3, -0.25) is 5.21 Å². The van der Waals surface area contributed by atoms with Crippen molar-refractivity contribution in [1.82, 2.24) is 5.23 Å². The second kappa shape index (κ2) is 5.59. The zero-order chi connectivity index (χ0) is 14.9. The van der Waals surface area contributed by atoms with Crippen LogP contribution in [0.2, 0.25) is 0 Å². The molecular formula is C19H19NO2. The first kappa shape index (κ1) is 13.6. The molecule has 1 aliphatic heterocycles. The third-order valence-corrected chi connectivity index (χ3v) is 4.58. The highest BCUT2D eigenvalue weighted by Gasteiger charge is 2.33. The van der Waals surface area contributed by atoms with Crippen molar-refractivity contribution in [3.8, 4) is 0 Å². The summed E-state index contributed by atoms with van der Waals surface area (Å²) in [5, 5.41) is 11.2. The molecule has 2 aliphatic carbocycles. The molecule has 1 aromatic carbocycles. The first-order chi connectivity index (χ1) is 10.8. The van der Waals surface area contributed by atoms with Gasteiger partial charge in [-0.05, 0) is 36.8 Å². The highest BCUT2D eigenvalue weighted by atomic mass is 16.9. The summed E-state index contributed by atoms with van der Waals surface area (Å²) in [4.78, 5) is 5.54. The Kier molecular flexibility index (Phi) is 3.45. The van der Waals surface area contributed by atoms with Gasteiger partial charge in [0.15, 0.2) is 0 Å². The lowest BCUT2D eigenvalue weighted by Crippen LogP contribution is -2.16. The molecule has 22 heavy (non-hydrogen) atoms. The number of hydrogen-bond donors (Lipinski definition) is 1. The van der Waals surface area contributed by atoms with Crippen LogP contribution in [-0.4, -0.2) is 16.5 Å². The van der Waals surface area contributed by atoms with E-state index in [1.165, 1.54) is 5.56 Å². The molecule has 112 valence electrons. The number of benzene rings is 1. The molecule has 4 rings (SSSR count). The predicted octanol–water partition coefficient (Wildman–Crippen LogP) is 4.35. The second-order valence-corrected chi connectivity index (χ2v) is 5.92. The van der Waals surface area contributed by atoms with Gasteiger partial charge in [-0.15, -0.1) is 5.23 Å². The van der Waals surface area contributed by atoms with Crippen LogP contribution in [-0.2, 0) is 4.84 Å². The van der Waals surface area contributed by atoms with Crippen molar-refractivity contribution in [1.29, 1.82) is 0 Å². The Morgan fingerprint density at radius 1 is 1.14 bits per heavy atom. The van der Waals surface area contributed by atoms with Gasteiger partial charge in [-0.1, -0.05) is 54.6 Å². The van der Waals surface area contributed by atoms with Crippen LogP contribution in [0.4, 0.5) is 0 Å². The van der Waals surface area contributed by atoms with Crippen molar-refractivity contribution in [2.45, 2.75) is 31.3 Å². The summed E-state index contributed by atoms with van der Waals surface area (Å²) in [5.41, 5.74) is 4.16. The molecule has 0 radical (unpaired) electrons. The largest absolute Gasteiger partial charge is 0.264 e. The van der Waals surface area contributed by atoms with Gasteiger partial charge in [0, 0.05) is 11.1 Å². The minimum absolute atomic E-state index is 0.190. The lowest BCUT2D eigenvalue weighted by Gasteiger charge is -2.23. The van der Waals surface area contributed by atoms with Crippen molar-refractivity contribution in [2.24, 2.45) is 0 Å². The average Bonchev–Trinajstić information content (AvgIpc) is 2.91. The molecule has 1 N–H and O–H groups in total. The minimum atomic E-state index is -0.190. The van der Waals surface area contributed by atoms with Gasteiger partial charge in [-0.25, -0.2) is 4.84 Å². The molecule has 0 fully saturated rings. The topological polar surface area (TPSA) is 32.7 Å². The Labute approximate surface area is 130 Å². The van der Waals surface area contributed by atoms with Gasteiger partial charge >= 0.3 is 0 Å². The fourth-order valence-electron chi connectivity index (χ4n) is 3.50. The van der Waals surface area contributed by atoms with Gasteiger partial charge in [0.25, 0.3) is 0 Å². The summed E-state index contributed by atoms with van der Waals surface area (Å²) < 4.78 is 0. The third-order valence-electron chi connectivity index (χ3n) is 4.58. The highest BCUT2D eigenvalue weighted by molar-refractivity contribution is 5.74. The Balaban J connectivity index is 1.81. The zero-order valence-corrected chi connectivity index (χ0v) is 12.4. The first-order valence-corrected chi connectivity index (χ1v) is 7.83. The SMILES string of the molecule is ON1OC2C=CC=CC2=C1c1ccccc1C1CC=CCC1. The molecule has 3 heteroatoms. The molecule has 3 aliphatic rings. The molecule has 0 bridgehead atoms. The van der Waals surface area contributed by atoms with E-state index < -0.39 is 0 Å². The van der Waals surface area contributed by atoms with E-state index in [0.717, 1.165) is 41.3 Å². The van der Waals surface area contributed by atoms with Crippen LogP contribution in [0, 0.1) is 0 Å². The Morgan fingerprint density at radius 2 is 2.05 bits per heavy atom. The van der Waals surface area contributed by atoms with Gasteiger partial charge in [0.1, 0.15) is 11.8 Å². The Hall–Kier alpha value is -2.10. The van der Waals surface area contributed by atoms with Crippen molar-refractivity contribution >= 4 is 5.70 Å². The molecule has 0 aromatic heterocycles. The van der Waals surface area contributed by atoms with E-state index in [0.29, 0.717) is 5.92 Å². The van der Waals surface area contributed by atoms with Crippen LogP contribution in [0.1, 0.15) is 36.3 Å². The number of fused-ring (bicyclic) bond motifs is 1. The molecule has 1 heterocycles. The third kappa shape index (κ3) is 2.23. The lowest BCUT2D eigenvalue weighted by molar-refractivity contribution is -0.290. The molecule has 0 amide bonds. The smallest absolute Gasteiger partial charge is 0.134 e. The van der Waals surface area contributed by atoms with Gasteiger partial charge in [-0.2, -0.15) is 0 Å². The number of hydroxylamine groups is 2. The summed E-state index contributed by atoms with van der Waals surface area (Å²) in [5.74, 6) is 0.505. The quantitative estimate of drug-likeness (QED) is 0.823. The zero-order valence-electron chi connectivity index (χ0n) is 12.4. The summed E-state index contributed by atoms with van der Waals surface area (Å²) in [6.07, 6.45) is 15.6. The van der Waals surface area contributed by atoms with Crippen LogP contribution in [0.25, 0.3) is 5.70 Å². The fraction of sp³-hybridized carbons (Fsp3) is 0.263. The van der Waals surface area contributed by atoms with Crippen LogP contribution in [0.15, 0.2) is 66.3 Å². The van der Waals surface area contributed by atoms with Gasteiger partial charge in [0.2, 0.25) is 0 Å². The Bertz CT molecular complexity index is 699. The number of rotatable bonds is 2. The van der Waals surface area contributed by atoms with E-state index in [1.807, 2.05) is 30.4 Å². The molecule has 2 unspecified atom stereocenters. The highest BCUT2D eigenvalue weighted by Crippen LogP contribution is 2.40. The summed E-state index contributed by atoms with van der Waals surface area (Å²) >= 11 is 0. The maximum Gasteiger partial charge on any atom is 0.134 e. The van der Waals surface area contributed by atoms with Crippen molar-refractivity contribution in [3.63, 3.8) is 0 Å². The van der Waals surface area contributed by atoms with Crippen molar-refractivity contribution in [2.75, 3.05) is 0 Å². The number of allylic oxidation sites excluding steroid dienone is 4. The normalized spacial score (nSPS) is 26.7. The van der Waals surface area contributed by atoms with Crippen LogP contribution >= 0.6 is 0 Å². The lowest BCUT2D eigenvalue weighted by atomic mass is 9.83. The van der Waals surface area contributed by atoms with Crippen molar-refractivity contribution in [3.05, 3.63) is 77.4 Å². The summed E-state index contributed by atoms with van der Waals surface area (Å²) in [6, 6.07) is 8.36. The van der Waals surface area contributed by atoms with Crippen molar-refractivity contribution < 1.29 is 10.0 Å². The van der Waals surface area contributed by atoms with Gasteiger partial charge in [0.05, 0.1) is 0 Å². The molecule has 0 saturated carbocycles. The molecule has 0 saturated heterocycles.